The lowest BCUT2D eigenvalue weighted by Gasteiger charge is -2.35. The summed E-state index contributed by atoms with van der Waals surface area (Å²) >= 11 is 0. The van der Waals surface area contributed by atoms with Crippen molar-refractivity contribution in [2.75, 3.05) is 35.7 Å². The number of para-hydroxylation sites is 2. The summed E-state index contributed by atoms with van der Waals surface area (Å²) in [5, 5.41) is 13.7. The first-order chi connectivity index (χ1) is 18.9. The molecular formula is C27H30N6O6S. The second kappa shape index (κ2) is 11.2. The quantitative estimate of drug-likeness (QED) is 0.198. The molecule has 0 unspecified atom stereocenters. The minimum absolute atomic E-state index is 0.0534. The van der Waals surface area contributed by atoms with Gasteiger partial charge in [-0.3, -0.25) is 9.52 Å². The highest BCUT2D eigenvalue weighted by Crippen LogP contribution is 2.32. The Hall–Kier alpha value is -4.62. The van der Waals surface area contributed by atoms with E-state index in [1.54, 1.807) is 48.5 Å². The van der Waals surface area contributed by atoms with Crippen molar-refractivity contribution in [1.82, 2.24) is 9.97 Å². The number of fused-ring (bicyclic) bond motifs is 1. The van der Waals surface area contributed by atoms with Crippen LogP contribution >= 0.6 is 0 Å². The molecule has 1 heterocycles. The van der Waals surface area contributed by atoms with E-state index in [1.165, 1.54) is 51.2 Å². The summed E-state index contributed by atoms with van der Waals surface area (Å²) in [6, 6.07) is 17.9. The van der Waals surface area contributed by atoms with Gasteiger partial charge in [0.2, 0.25) is 5.91 Å². The third-order valence-electron chi connectivity index (χ3n) is 5.83. The van der Waals surface area contributed by atoms with Gasteiger partial charge in [-0.25, -0.2) is 18.4 Å². The van der Waals surface area contributed by atoms with Crippen molar-refractivity contribution in [1.29, 1.82) is 0 Å². The van der Waals surface area contributed by atoms with Crippen LogP contribution in [0.2, 0.25) is 0 Å². The molecule has 210 valence electrons. The van der Waals surface area contributed by atoms with Crippen molar-refractivity contribution < 1.29 is 27.8 Å². The van der Waals surface area contributed by atoms with Gasteiger partial charge in [-0.1, -0.05) is 18.2 Å². The van der Waals surface area contributed by atoms with E-state index in [2.05, 4.69) is 20.0 Å². The zero-order chi connectivity index (χ0) is 29.1. The lowest BCUT2D eigenvalue weighted by Crippen LogP contribution is -2.48. The molecule has 40 heavy (non-hydrogen) atoms. The molecule has 4 rings (SSSR count). The Balaban J connectivity index is 1.76. The number of aromatic nitrogens is 2. The Bertz CT molecular complexity index is 1630. The number of rotatable bonds is 11. The molecule has 0 atom stereocenters. The average molecular weight is 567 g/mol. The number of sulfonamides is 1. The molecule has 5 N–H and O–H groups in total. The maximum atomic E-state index is 13.6. The molecule has 12 nitrogen and oxygen atoms in total. The molecule has 4 aromatic rings. The highest BCUT2D eigenvalue weighted by atomic mass is 32.2. The number of hydrogen-bond acceptors (Lipinski definition) is 10. The van der Waals surface area contributed by atoms with Gasteiger partial charge in [-0.05, 0) is 44.2 Å². The Morgan fingerprint density at radius 2 is 1.55 bits per heavy atom. The predicted octanol–water partition coefficient (Wildman–Crippen LogP) is 3.21. The second-order valence-electron chi connectivity index (χ2n) is 9.29. The van der Waals surface area contributed by atoms with Gasteiger partial charge in [0, 0.05) is 29.6 Å². The van der Waals surface area contributed by atoms with Crippen LogP contribution in [0.5, 0.6) is 11.5 Å². The van der Waals surface area contributed by atoms with Gasteiger partial charge in [0.05, 0.1) is 36.7 Å². The molecule has 0 saturated heterocycles. The first-order valence-electron chi connectivity index (χ1n) is 12.1. The number of carbonyl (C=O) groups is 1. The zero-order valence-corrected chi connectivity index (χ0v) is 23.2. The highest BCUT2D eigenvalue weighted by molar-refractivity contribution is 7.92. The van der Waals surface area contributed by atoms with Crippen LogP contribution in [0.15, 0.2) is 71.6 Å². The van der Waals surface area contributed by atoms with Crippen LogP contribution in [0.3, 0.4) is 0 Å². The Kier molecular flexibility index (Phi) is 7.98. The fourth-order valence-electron chi connectivity index (χ4n) is 3.94. The van der Waals surface area contributed by atoms with E-state index in [1.807, 2.05) is 0 Å². The van der Waals surface area contributed by atoms with Gasteiger partial charge in [-0.2, -0.15) is 0 Å². The van der Waals surface area contributed by atoms with Gasteiger partial charge >= 0.3 is 0 Å². The van der Waals surface area contributed by atoms with Crippen LogP contribution in [-0.2, 0) is 14.8 Å². The number of benzene rings is 3. The summed E-state index contributed by atoms with van der Waals surface area (Å²) in [5.74, 6) is 0.427. The summed E-state index contributed by atoms with van der Waals surface area (Å²) in [6.07, 6.45) is 0. The largest absolute Gasteiger partial charge is 0.497 e. The van der Waals surface area contributed by atoms with Gasteiger partial charge in [-0.15, -0.1) is 0 Å². The van der Waals surface area contributed by atoms with Crippen LogP contribution in [0.25, 0.3) is 11.0 Å². The summed E-state index contributed by atoms with van der Waals surface area (Å²) in [7, 11) is -1.18. The van der Waals surface area contributed by atoms with Crippen LogP contribution in [-0.4, -0.2) is 55.9 Å². The van der Waals surface area contributed by atoms with Crippen LogP contribution in [0.1, 0.15) is 13.8 Å². The lowest BCUT2D eigenvalue weighted by molar-refractivity contribution is -0.117. The van der Waals surface area contributed by atoms with E-state index >= 15 is 0 Å². The maximum Gasteiger partial charge on any atom is 0.263 e. The number of nitrogens with zero attached hydrogens (tertiary/aromatic N) is 3. The van der Waals surface area contributed by atoms with E-state index in [-0.39, 0.29) is 28.8 Å². The summed E-state index contributed by atoms with van der Waals surface area (Å²) in [6.45, 7) is 2.60. The number of ether oxygens (including phenoxy) is 2. The molecular weight excluding hydrogens is 536 g/mol. The van der Waals surface area contributed by atoms with Gasteiger partial charge in [0.15, 0.2) is 11.6 Å². The molecule has 0 radical (unpaired) electrons. The Morgan fingerprint density at radius 1 is 0.950 bits per heavy atom. The molecule has 0 aliphatic heterocycles. The maximum absolute atomic E-state index is 13.6. The van der Waals surface area contributed by atoms with Crippen LogP contribution in [0, 0.1) is 0 Å². The van der Waals surface area contributed by atoms with Crippen LogP contribution < -0.4 is 30.1 Å². The second-order valence-corrected chi connectivity index (χ2v) is 11.0. The third-order valence-corrected chi connectivity index (χ3v) is 7.17. The standard InChI is InChI=1S/C27H30N6O6S/c1-27(2,35)33(16-24(28)34)18-8-7-9-21(14-18)40(36,37)32-26-25(30-22-10-5-6-11-23(22)31-26)29-17-12-19(38-3)15-20(13-17)39-4/h5-15,35H,16H2,1-4H3,(H2,28,34)(H,29,30)(H,31,32). The highest BCUT2D eigenvalue weighted by Gasteiger charge is 2.27. The van der Waals surface area contributed by atoms with Crippen molar-refractivity contribution in [2.24, 2.45) is 5.73 Å². The molecule has 0 spiro atoms. The minimum Gasteiger partial charge on any atom is -0.497 e. The first kappa shape index (κ1) is 28.4. The molecule has 0 aliphatic rings. The van der Waals surface area contributed by atoms with Crippen molar-refractivity contribution in [3.05, 3.63) is 66.7 Å². The normalized spacial score (nSPS) is 11.6. The van der Waals surface area contributed by atoms with Gasteiger partial charge in [0.25, 0.3) is 10.0 Å². The Labute approximate surface area is 231 Å². The molecule has 0 saturated carbocycles. The minimum atomic E-state index is -4.22. The van der Waals surface area contributed by atoms with E-state index in [0.717, 1.165) is 0 Å². The van der Waals surface area contributed by atoms with Crippen molar-refractivity contribution in [3.63, 3.8) is 0 Å². The molecule has 0 fully saturated rings. The van der Waals surface area contributed by atoms with E-state index in [0.29, 0.717) is 28.2 Å². The monoisotopic (exact) mass is 566 g/mol. The number of nitrogens with one attached hydrogen (secondary N) is 2. The van der Waals surface area contributed by atoms with Crippen molar-refractivity contribution in [3.8, 4) is 11.5 Å². The number of nitrogens with two attached hydrogens (primary N) is 1. The fraction of sp³-hybridized carbons (Fsp3) is 0.222. The number of aliphatic hydroxyl groups is 1. The smallest absolute Gasteiger partial charge is 0.263 e. The summed E-state index contributed by atoms with van der Waals surface area (Å²) in [4.78, 5) is 21.9. The lowest BCUT2D eigenvalue weighted by atomic mass is 10.2. The van der Waals surface area contributed by atoms with E-state index < -0.39 is 21.7 Å². The third kappa shape index (κ3) is 6.50. The topological polar surface area (TPSA) is 169 Å². The molecule has 3 aromatic carbocycles. The SMILES string of the molecule is COc1cc(Nc2nc3ccccc3nc2NS(=O)(=O)c2cccc(N(CC(N)=O)C(C)(C)O)c2)cc(OC)c1. The van der Waals surface area contributed by atoms with Crippen LogP contribution in [0.4, 0.5) is 23.0 Å². The molecule has 13 heteroatoms. The number of methoxy groups -OCH3 is 2. The van der Waals surface area contributed by atoms with Crippen molar-refractivity contribution >= 4 is 50.0 Å². The molecule has 1 amide bonds. The summed E-state index contributed by atoms with van der Waals surface area (Å²) in [5.41, 5.74) is 5.67. The number of anilines is 4. The zero-order valence-electron chi connectivity index (χ0n) is 22.4. The number of hydrogen-bond donors (Lipinski definition) is 4. The number of primary amides is 1. The fourth-order valence-corrected chi connectivity index (χ4v) is 4.98. The first-order valence-corrected chi connectivity index (χ1v) is 13.6. The molecule has 1 aromatic heterocycles. The number of amides is 1. The summed E-state index contributed by atoms with van der Waals surface area (Å²) < 4.78 is 40.3. The average Bonchev–Trinajstić information content (AvgIpc) is 2.91. The number of carbonyl (C=O) groups excluding carboxylic acids is 1. The Morgan fingerprint density at radius 3 is 2.10 bits per heavy atom. The molecule has 0 bridgehead atoms. The van der Waals surface area contributed by atoms with E-state index in [4.69, 9.17) is 15.2 Å². The molecule has 0 aliphatic carbocycles. The predicted molar refractivity (Wildman–Crippen MR) is 152 cm³/mol. The van der Waals surface area contributed by atoms with Gasteiger partial charge < -0.3 is 30.5 Å². The van der Waals surface area contributed by atoms with Crippen molar-refractivity contribution in [2.45, 2.75) is 24.5 Å². The van der Waals surface area contributed by atoms with Gasteiger partial charge in [0.1, 0.15) is 17.2 Å². The van der Waals surface area contributed by atoms with E-state index in [9.17, 15) is 18.3 Å².